The molecule has 4 rings (SSSR count). The second-order valence-corrected chi connectivity index (χ2v) is 9.75. The van der Waals surface area contributed by atoms with Crippen LogP contribution in [0.5, 0.6) is 17.2 Å². The zero-order valence-corrected chi connectivity index (χ0v) is 22.0. The first-order chi connectivity index (χ1) is 17.9. The summed E-state index contributed by atoms with van der Waals surface area (Å²) in [5.74, 6) is 1.62. The van der Waals surface area contributed by atoms with E-state index in [-0.39, 0.29) is 37.0 Å². The number of hydrogen-bond donors (Lipinski definition) is 0. The van der Waals surface area contributed by atoms with Gasteiger partial charge in [0.25, 0.3) is 5.91 Å². The van der Waals surface area contributed by atoms with Crippen LogP contribution in [0.15, 0.2) is 36.4 Å². The lowest BCUT2D eigenvalue weighted by Gasteiger charge is -2.25. The summed E-state index contributed by atoms with van der Waals surface area (Å²) >= 11 is 0. The van der Waals surface area contributed by atoms with E-state index in [9.17, 15) is 14.4 Å². The molecule has 2 aliphatic heterocycles. The Morgan fingerprint density at radius 3 is 2.49 bits per heavy atom. The molecule has 0 radical (unpaired) electrons. The number of methoxy groups -OCH3 is 1. The normalized spacial score (nSPS) is 16.0. The molecule has 2 aromatic carbocycles. The van der Waals surface area contributed by atoms with E-state index in [2.05, 4.69) is 4.90 Å². The minimum atomic E-state index is -0.626. The molecule has 198 valence electrons. The summed E-state index contributed by atoms with van der Waals surface area (Å²) in [4.78, 5) is 40.8. The Balaban J connectivity index is 1.40. The van der Waals surface area contributed by atoms with Crippen molar-refractivity contribution < 1.29 is 28.6 Å². The Hall–Kier alpha value is -3.39. The lowest BCUT2D eigenvalue weighted by molar-refractivity contribution is -0.122. The molecule has 0 N–H and O–H groups in total. The van der Waals surface area contributed by atoms with Crippen molar-refractivity contribution in [3.05, 3.63) is 53.1 Å². The van der Waals surface area contributed by atoms with Gasteiger partial charge >= 0.3 is 0 Å². The Labute approximate surface area is 218 Å². The third kappa shape index (κ3) is 6.49. The maximum Gasteiger partial charge on any atom is 0.255 e. The average Bonchev–Trinajstić information content (AvgIpc) is 3.51. The first kappa shape index (κ1) is 26.7. The van der Waals surface area contributed by atoms with Gasteiger partial charge < -0.3 is 23.9 Å². The maximum atomic E-state index is 13.1. The maximum absolute atomic E-state index is 13.1. The van der Waals surface area contributed by atoms with Crippen LogP contribution in [0.1, 0.15) is 61.0 Å². The van der Waals surface area contributed by atoms with E-state index in [1.165, 1.54) is 26.7 Å². The highest BCUT2D eigenvalue weighted by molar-refractivity contribution is 6.01. The Morgan fingerprint density at radius 1 is 1.00 bits per heavy atom. The SMILES string of the molecule is COc1cc(COc2cccc3c2CN(C(CCC(C)=O)C(C)=O)C3=O)ccc1OCCN1CCCC1. The molecular formula is C29H36N2O6. The minimum Gasteiger partial charge on any atom is -0.493 e. The molecular weight excluding hydrogens is 472 g/mol. The topological polar surface area (TPSA) is 85.4 Å². The standard InChI is InChI=1S/C29H36N2O6/c1-20(32)9-11-25(21(2)33)31-18-24-23(29(31)34)7-6-8-26(24)37-19-22-10-12-27(28(17-22)35-3)36-16-15-30-13-4-5-14-30/h6-8,10,12,17,25H,4-5,9,11,13-16,18-19H2,1-3H3. The molecule has 0 aliphatic carbocycles. The highest BCUT2D eigenvalue weighted by Gasteiger charge is 2.36. The monoisotopic (exact) mass is 508 g/mol. The Morgan fingerprint density at radius 2 is 1.78 bits per heavy atom. The number of carbonyl (C=O) groups is 3. The summed E-state index contributed by atoms with van der Waals surface area (Å²) in [5, 5.41) is 0. The van der Waals surface area contributed by atoms with Crippen LogP contribution in [0, 0.1) is 0 Å². The molecule has 1 atom stereocenters. The van der Waals surface area contributed by atoms with Crippen LogP contribution in [0.4, 0.5) is 0 Å². The molecule has 1 saturated heterocycles. The van der Waals surface area contributed by atoms with Crippen LogP contribution in [0.3, 0.4) is 0 Å². The van der Waals surface area contributed by atoms with E-state index < -0.39 is 6.04 Å². The zero-order valence-electron chi connectivity index (χ0n) is 22.0. The van der Waals surface area contributed by atoms with E-state index in [0.717, 1.165) is 30.8 Å². The first-order valence-corrected chi connectivity index (χ1v) is 12.9. The molecule has 0 saturated carbocycles. The van der Waals surface area contributed by atoms with Crippen LogP contribution >= 0.6 is 0 Å². The van der Waals surface area contributed by atoms with Gasteiger partial charge in [0.1, 0.15) is 24.7 Å². The lowest BCUT2D eigenvalue weighted by atomic mass is 10.0. The average molecular weight is 509 g/mol. The predicted octanol–water partition coefficient (Wildman–Crippen LogP) is 4.03. The van der Waals surface area contributed by atoms with Gasteiger partial charge in [-0.1, -0.05) is 12.1 Å². The summed E-state index contributed by atoms with van der Waals surface area (Å²) in [6.45, 7) is 7.31. The number of ether oxygens (including phenoxy) is 3. The van der Waals surface area contributed by atoms with Gasteiger partial charge in [-0.2, -0.15) is 0 Å². The van der Waals surface area contributed by atoms with Crippen LogP contribution in [0.2, 0.25) is 0 Å². The van der Waals surface area contributed by atoms with Crippen molar-refractivity contribution >= 4 is 17.5 Å². The zero-order chi connectivity index (χ0) is 26.4. The fourth-order valence-electron chi connectivity index (χ4n) is 5.00. The molecule has 0 aromatic heterocycles. The summed E-state index contributed by atoms with van der Waals surface area (Å²) in [5.41, 5.74) is 2.20. The van der Waals surface area contributed by atoms with Gasteiger partial charge in [-0.15, -0.1) is 0 Å². The molecule has 8 nitrogen and oxygen atoms in total. The van der Waals surface area contributed by atoms with Crippen molar-refractivity contribution in [3.63, 3.8) is 0 Å². The van der Waals surface area contributed by atoms with E-state index >= 15 is 0 Å². The van der Waals surface area contributed by atoms with Crippen molar-refractivity contribution in [3.8, 4) is 17.2 Å². The molecule has 1 fully saturated rings. The van der Waals surface area contributed by atoms with Crippen LogP contribution < -0.4 is 14.2 Å². The fourth-order valence-corrected chi connectivity index (χ4v) is 5.00. The van der Waals surface area contributed by atoms with Crippen molar-refractivity contribution in [1.82, 2.24) is 9.80 Å². The van der Waals surface area contributed by atoms with Gasteiger partial charge in [0, 0.05) is 24.1 Å². The molecule has 0 spiro atoms. The summed E-state index contributed by atoms with van der Waals surface area (Å²) in [6, 6.07) is 10.5. The van der Waals surface area contributed by atoms with Gasteiger partial charge in [0.15, 0.2) is 17.3 Å². The largest absolute Gasteiger partial charge is 0.493 e. The highest BCUT2D eigenvalue weighted by atomic mass is 16.5. The summed E-state index contributed by atoms with van der Waals surface area (Å²) in [7, 11) is 1.62. The summed E-state index contributed by atoms with van der Waals surface area (Å²) < 4.78 is 17.7. The highest BCUT2D eigenvalue weighted by Crippen LogP contribution is 2.34. The number of ketones is 2. The fraction of sp³-hybridized carbons (Fsp3) is 0.483. The van der Waals surface area contributed by atoms with Crippen LogP contribution in [0.25, 0.3) is 0 Å². The molecule has 8 heteroatoms. The third-order valence-electron chi connectivity index (χ3n) is 7.05. The number of amides is 1. The van der Waals surface area contributed by atoms with Gasteiger partial charge in [-0.05, 0) is 76.0 Å². The quantitative estimate of drug-likeness (QED) is 0.404. The lowest BCUT2D eigenvalue weighted by Crippen LogP contribution is -2.40. The molecule has 2 aromatic rings. The number of carbonyl (C=O) groups excluding carboxylic acids is 3. The number of Topliss-reactive ketones (excluding diaryl/α,β-unsaturated/α-hetero) is 2. The van der Waals surface area contributed by atoms with E-state index in [1.807, 2.05) is 24.3 Å². The second-order valence-electron chi connectivity index (χ2n) is 9.75. The molecule has 37 heavy (non-hydrogen) atoms. The van der Waals surface area contributed by atoms with Gasteiger partial charge in [0.05, 0.1) is 19.7 Å². The van der Waals surface area contributed by atoms with E-state index in [4.69, 9.17) is 14.2 Å². The third-order valence-corrected chi connectivity index (χ3v) is 7.05. The molecule has 1 amide bonds. The van der Waals surface area contributed by atoms with Gasteiger partial charge in [-0.3, -0.25) is 14.5 Å². The predicted molar refractivity (Wildman–Crippen MR) is 139 cm³/mol. The Kier molecular flexibility index (Phi) is 8.82. The minimum absolute atomic E-state index is 0.00197. The number of rotatable bonds is 13. The van der Waals surface area contributed by atoms with Gasteiger partial charge in [0.2, 0.25) is 0 Å². The van der Waals surface area contributed by atoms with Crippen molar-refractivity contribution in [1.29, 1.82) is 0 Å². The number of likely N-dealkylation sites (tertiary alicyclic amines) is 1. The molecule has 1 unspecified atom stereocenters. The van der Waals surface area contributed by atoms with E-state index in [0.29, 0.717) is 35.8 Å². The number of hydrogen-bond acceptors (Lipinski definition) is 7. The first-order valence-electron chi connectivity index (χ1n) is 12.9. The molecule has 0 bridgehead atoms. The second kappa shape index (κ2) is 12.2. The van der Waals surface area contributed by atoms with Crippen LogP contribution in [-0.2, 0) is 22.7 Å². The van der Waals surface area contributed by atoms with Gasteiger partial charge in [-0.25, -0.2) is 0 Å². The Bertz CT molecular complexity index is 1140. The summed E-state index contributed by atoms with van der Waals surface area (Å²) in [6.07, 6.45) is 3.10. The smallest absolute Gasteiger partial charge is 0.255 e. The number of benzene rings is 2. The van der Waals surface area contributed by atoms with Crippen molar-refractivity contribution in [2.75, 3.05) is 33.4 Å². The van der Waals surface area contributed by atoms with E-state index in [1.54, 1.807) is 24.1 Å². The van der Waals surface area contributed by atoms with Crippen molar-refractivity contribution in [2.45, 2.75) is 58.7 Å². The van der Waals surface area contributed by atoms with Crippen LogP contribution in [-0.4, -0.2) is 66.7 Å². The van der Waals surface area contributed by atoms with Crippen molar-refractivity contribution in [2.24, 2.45) is 0 Å². The molecule has 2 aliphatic rings. The molecule has 2 heterocycles. The number of nitrogens with zero attached hydrogens (tertiary/aromatic N) is 2. The number of fused-ring (bicyclic) bond motifs is 1.